The van der Waals surface area contributed by atoms with Crippen LogP contribution in [0.25, 0.3) is 0 Å². The number of benzene rings is 1. The smallest absolute Gasteiger partial charge is 0.410 e. The molecule has 1 aliphatic heterocycles. The Bertz CT molecular complexity index is 586. The largest absolute Gasteiger partial charge is 0.464 e. The minimum absolute atomic E-state index is 0.0372. The molecule has 1 unspecified atom stereocenters. The number of amides is 1. The molecule has 0 radical (unpaired) electrons. The lowest BCUT2D eigenvalue weighted by Crippen LogP contribution is -2.38. The van der Waals surface area contributed by atoms with E-state index in [4.69, 9.17) is 14.2 Å². The molecule has 0 bridgehead atoms. The van der Waals surface area contributed by atoms with E-state index >= 15 is 0 Å². The van der Waals surface area contributed by atoms with Gasteiger partial charge in [-0.1, -0.05) is 30.3 Å². The van der Waals surface area contributed by atoms with Gasteiger partial charge in [-0.05, 0) is 44.1 Å². The van der Waals surface area contributed by atoms with E-state index in [2.05, 4.69) is 0 Å². The van der Waals surface area contributed by atoms with E-state index < -0.39 is 12.1 Å². The topological polar surface area (TPSA) is 85.3 Å². The molecule has 1 atom stereocenters. The van der Waals surface area contributed by atoms with Gasteiger partial charge in [0, 0.05) is 19.7 Å². The highest BCUT2D eigenvalue weighted by atomic mass is 16.6. The second kappa shape index (κ2) is 12.4. The molecular weight excluding hydrogens is 362 g/mol. The Kier molecular flexibility index (Phi) is 9.79. The lowest BCUT2D eigenvalue weighted by molar-refractivity contribution is -0.156. The molecule has 1 aromatic carbocycles. The number of esters is 1. The van der Waals surface area contributed by atoms with Crippen LogP contribution in [0, 0.1) is 5.92 Å². The van der Waals surface area contributed by atoms with Gasteiger partial charge in [-0.25, -0.2) is 9.59 Å². The summed E-state index contributed by atoms with van der Waals surface area (Å²) in [7, 11) is 0. The zero-order valence-corrected chi connectivity index (χ0v) is 16.5. The fourth-order valence-corrected chi connectivity index (χ4v) is 3.19. The molecule has 1 saturated heterocycles. The number of hydrogen-bond donors (Lipinski definition) is 1. The maximum Gasteiger partial charge on any atom is 0.410 e. The average Bonchev–Trinajstić information content (AvgIpc) is 2.73. The molecule has 156 valence electrons. The van der Waals surface area contributed by atoms with Crippen LogP contribution < -0.4 is 0 Å². The van der Waals surface area contributed by atoms with Crippen LogP contribution in [-0.2, 0) is 25.6 Å². The fourth-order valence-electron chi connectivity index (χ4n) is 3.19. The molecule has 1 amide bonds. The molecule has 1 N–H and O–H groups in total. The minimum Gasteiger partial charge on any atom is -0.464 e. The van der Waals surface area contributed by atoms with Gasteiger partial charge >= 0.3 is 12.1 Å². The number of rotatable bonds is 10. The molecule has 0 aromatic heterocycles. The fraction of sp³-hybridized carbons (Fsp3) is 0.619. The standard InChI is InChI=1S/C21H31NO6/c1-2-27-20(24)19(23)16-26-14-6-9-17-10-12-22(13-11-17)21(25)28-15-18-7-4-3-5-8-18/h3-5,7-8,17,19,23H,2,6,9-16H2,1H3. The molecular formula is C21H31NO6. The van der Waals surface area contributed by atoms with Gasteiger partial charge < -0.3 is 24.2 Å². The highest BCUT2D eigenvalue weighted by Crippen LogP contribution is 2.22. The van der Waals surface area contributed by atoms with Gasteiger partial charge in [0.2, 0.25) is 0 Å². The Morgan fingerprint density at radius 3 is 2.57 bits per heavy atom. The van der Waals surface area contributed by atoms with Crippen LogP contribution in [0.2, 0.25) is 0 Å². The second-order valence-corrected chi connectivity index (χ2v) is 6.96. The van der Waals surface area contributed by atoms with E-state index in [-0.39, 0.29) is 19.3 Å². The molecule has 1 fully saturated rings. The first-order valence-electron chi connectivity index (χ1n) is 9.98. The SMILES string of the molecule is CCOC(=O)C(O)COCCCC1CCN(C(=O)OCc2ccccc2)CC1. The number of aliphatic hydroxyl groups is 1. The minimum atomic E-state index is -1.22. The van der Waals surface area contributed by atoms with Crippen LogP contribution in [0.1, 0.15) is 38.2 Å². The predicted molar refractivity (Wildman–Crippen MR) is 104 cm³/mol. The lowest BCUT2D eigenvalue weighted by Gasteiger charge is -2.31. The number of piperidine rings is 1. The number of ether oxygens (including phenoxy) is 3. The summed E-state index contributed by atoms with van der Waals surface area (Å²) in [6, 6.07) is 9.66. The molecule has 0 saturated carbocycles. The number of carbonyl (C=O) groups excluding carboxylic acids is 2. The van der Waals surface area contributed by atoms with Crippen molar-refractivity contribution in [2.24, 2.45) is 5.92 Å². The van der Waals surface area contributed by atoms with Crippen LogP contribution in [0.3, 0.4) is 0 Å². The monoisotopic (exact) mass is 393 g/mol. The molecule has 1 aromatic rings. The highest BCUT2D eigenvalue weighted by molar-refractivity contribution is 5.74. The van der Waals surface area contributed by atoms with Gasteiger partial charge in [0.15, 0.2) is 6.10 Å². The van der Waals surface area contributed by atoms with E-state index in [9.17, 15) is 14.7 Å². The summed E-state index contributed by atoms with van der Waals surface area (Å²) in [6.07, 6.45) is 2.29. The van der Waals surface area contributed by atoms with Gasteiger partial charge in [-0.3, -0.25) is 0 Å². The summed E-state index contributed by atoms with van der Waals surface area (Å²) in [4.78, 5) is 25.2. The van der Waals surface area contributed by atoms with Gasteiger partial charge in [-0.2, -0.15) is 0 Å². The van der Waals surface area contributed by atoms with E-state index in [1.807, 2.05) is 30.3 Å². The van der Waals surface area contributed by atoms with Gasteiger partial charge in [-0.15, -0.1) is 0 Å². The average molecular weight is 393 g/mol. The van der Waals surface area contributed by atoms with Crippen LogP contribution in [0.5, 0.6) is 0 Å². The van der Waals surface area contributed by atoms with Crippen molar-refractivity contribution in [3.8, 4) is 0 Å². The normalized spacial score (nSPS) is 15.9. The Balaban J connectivity index is 1.53. The first kappa shape index (κ1) is 22.2. The van der Waals surface area contributed by atoms with Crippen molar-refractivity contribution in [1.29, 1.82) is 0 Å². The molecule has 7 heteroatoms. The van der Waals surface area contributed by atoms with E-state index in [0.717, 1.165) is 31.2 Å². The quantitative estimate of drug-likeness (QED) is 0.486. The van der Waals surface area contributed by atoms with Gasteiger partial charge in [0.1, 0.15) is 6.61 Å². The van der Waals surface area contributed by atoms with Crippen LogP contribution in [-0.4, -0.2) is 61.1 Å². The summed E-state index contributed by atoms with van der Waals surface area (Å²) < 4.78 is 15.4. The summed E-state index contributed by atoms with van der Waals surface area (Å²) in [5, 5.41) is 9.55. The first-order valence-corrected chi connectivity index (χ1v) is 9.98. The molecule has 28 heavy (non-hydrogen) atoms. The number of carbonyl (C=O) groups is 2. The van der Waals surface area contributed by atoms with Gasteiger partial charge in [0.05, 0.1) is 13.2 Å². The lowest BCUT2D eigenvalue weighted by atomic mass is 9.92. The van der Waals surface area contributed by atoms with Crippen molar-refractivity contribution in [3.63, 3.8) is 0 Å². The summed E-state index contributed by atoms with van der Waals surface area (Å²) in [6.45, 7) is 4.12. The summed E-state index contributed by atoms with van der Waals surface area (Å²) in [5.41, 5.74) is 0.985. The molecule has 2 rings (SSSR count). The summed E-state index contributed by atoms with van der Waals surface area (Å²) >= 11 is 0. The maximum absolute atomic E-state index is 12.2. The predicted octanol–water partition coefficient (Wildman–Crippen LogP) is 2.76. The third-order valence-corrected chi connectivity index (χ3v) is 4.81. The third kappa shape index (κ3) is 7.86. The van der Waals surface area contributed by atoms with E-state index in [0.29, 0.717) is 32.2 Å². The third-order valence-electron chi connectivity index (χ3n) is 4.81. The number of hydrogen-bond acceptors (Lipinski definition) is 6. The zero-order chi connectivity index (χ0) is 20.2. The van der Waals surface area contributed by atoms with Crippen molar-refractivity contribution < 1.29 is 28.9 Å². The molecule has 0 spiro atoms. The van der Waals surface area contributed by atoms with Crippen molar-refractivity contribution >= 4 is 12.1 Å². The van der Waals surface area contributed by atoms with Crippen molar-refractivity contribution in [3.05, 3.63) is 35.9 Å². The maximum atomic E-state index is 12.2. The second-order valence-electron chi connectivity index (χ2n) is 6.96. The Labute approximate surface area is 166 Å². The Hall–Kier alpha value is -2.12. The van der Waals surface area contributed by atoms with Gasteiger partial charge in [0.25, 0.3) is 0 Å². The van der Waals surface area contributed by atoms with E-state index in [1.165, 1.54) is 0 Å². The van der Waals surface area contributed by atoms with Crippen molar-refractivity contribution in [2.45, 2.75) is 45.3 Å². The highest BCUT2D eigenvalue weighted by Gasteiger charge is 2.23. The van der Waals surface area contributed by atoms with Crippen molar-refractivity contribution in [2.75, 3.05) is 32.9 Å². The molecule has 1 aliphatic rings. The Morgan fingerprint density at radius 2 is 1.89 bits per heavy atom. The zero-order valence-electron chi connectivity index (χ0n) is 16.5. The van der Waals surface area contributed by atoms with Crippen LogP contribution in [0.15, 0.2) is 30.3 Å². The van der Waals surface area contributed by atoms with Crippen molar-refractivity contribution in [1.82, 2.24) is 4.90 Å². The molecule has 1 heterocycles. The molecule has 0 aliphatic carbocycles. The van der Waals surface area contributed by atoms with Crippen LogP contribution in [0.4, 0.5) is 4.79 Å². The molecule has 7 nitrogen and oxygen atoms in total. The van der Waals surface area contributed by atoms with Crippen LogP contribution >= 0.6 is 0 Å². The Morgan fingerprint density at radius 1 is 1.18 bits per heavy atom. The van der Waals surface area contributed by atoms with E-state index in [1.54, 1.807) is 11.8 Å². The number of nitrogens with zero attached hydrogens (tertiary/aromatic N) is 1. The number of aliphatic hydroxyl groups excluding tert-OH is 1. The first-order chi connectivity index (χ1) is 13.6. The summed E-state index contributed by atoms with van der Waals surface area (Å²) in [5.74, 6) is -0.0919. The number of likely N-dealkylation sites (tertiary alicyclic amines) is 1.